The topological polar surface area (TPSA) is 102 Å². The van der Waals surface area contributed by atoms with Gasteiger partial charge in [-0.25, -0.2) is 4.68 Å². The van der Waals surface area contributed by atoms with Crippen molar-refractivity contribution in [1.29, 1.82) is 0 Å². The zero-order valence-electron chi connectivity index (χ0n) is 20.5. The number of rotatable bonds is 9. The Hall–Kier alpha value is -3.46. The largest absolute Gasteiger partial charge is 0.497 e. The molecule has 1 atom stereocenters. The Labute approximate surface area is 204 Å². The molecule has 0 spiro atoms. The molecule has 3 aromatic heterocycles. The number of ether oxygens (including phenoxy) is 1. The molecular formula is C26H32N6O3. The number of fused-ring (bicyclic) bond motifs is 1. The zero-order valence-corrected chi connectivity index (χ0v) is 20.5. The summed E-state index contributed by atoms with van der Waals surface area (Å²) < 4.78 is 12.7. The van der Waals surface area contributed by atoms with Gasteiger partial charge in [0.25, 0.3) is 5.56 Å². The van der Waals surface area contributed by atoms with Gasteiger partial charge in [-0.2, -0.15) is 0 Å². The van der Waals surface area contributed by atoms with E-state index in [1.165, 1.54) is 12.8 Å². The Morgan fingerprint density at radius 2 is 2.06 bits per heavy atom. The van der Waals surface area contributed by atoms with Gasteiger partial charge in [-0.1, -0.05) is 26.7 Å². The molecule has 1 saturated carbocycles. The van der Waals surface area contributed by atoms with E-state index in [2.05, 4.69) is 39.3 Å². The standard InChI is InChI=1S/C26H32N6O3/c1-17(2)24(25-28-29-30-32(25)16-22-9-6-12-35-22)31(20-7-4-5-8-20)15-19-13-18-10-11-21(34-3)14-23(18)27-26(19)33/h6,9-14,17,20,24H,4-5,7-8,15-16H2,1-3H3,(H,27,33)/t24-/m0/s1. The Balaban J connectivity index is 1.52. The van der Waals surface area contributed by atoms with Crippen LogP contribution in [-0.2, 0) is 13.1 Å². The Kier molecular flexibility index (Phi) is 6.68. The van der Waals surface area contributed by atoms with Crippen LogP contribution in [0.25, 0.3) is 10.9 Å². The molecular weight excluding hydrogens is 444 g/mol. The third-order valence-electron chi connectivity index (χ3n) is 6.98. The molecule has 184 valence electrons. The molecule has 3 heterocycles. The van der Waals surface area contributed by atoms with E-state index in [0.29, 0.717) is 19.1 Å². The molecule has 0 amide bonds. The van der Waals surface area contributed by atoms with Crippen molar-refractivity contribution < 1.29 is 9.15 Å². The molecule has 0 aliphatic heterocycles. The number of H-pyrrole nitrogens is 1. The first-order valence-corrected chi connectivity index (χ1v) is 12.3. The predicted octanol–water partition coefficient (Wildman–Crippen LogP) is 4.31. The van der Waals surface area contributed by atoms with Crippen LogP contribution in [0.15, 0.2) is 51.9 Å². The minimum Gasteiger partial charge on any atom is -0.497 e. The molecule has 35 heavy (non-hydrogen) atoms. The number of nitrogens with one attached hydrogen (secondary N) is 1. The van der Waals surface area contributed by atoms with Gasteiger partial charge in [0.15, 0.2) is 5.82 Å². The van der Waals surface area contributed by atoms with Crippen LogP contribution < -0.4 is 10.3 Å². The summed E-state index contributed by atoms with van der Waals surface area (Å²) in [6.45, 7) is 5.37. The molecule has 0 saturated heterocycles. The number of tetrazole rings is 1. The van der Waals surface area contributed by atoms with Gasteiger partial charge in [0.05, 0.1) is 24.9 Å². The van der Waals surface area contributed by atoms with Crippen LogP contribution in [0.5, 0.6) is 5.75 Å². The fraction of sp³-hybridized carbons (Fsp3) is 0.462. The minimum atomic E-state index is -0.0774. The number of methoxy groups -OCH3 is 1. The van der Waals surface area contributed by atoms with E-state index in [1.807, 2.05) is 41.1 Å². The summed E-state index contributed by atoms with van der Waals surface area (Å²) in [5.41, 5.74) is 1.44. The highest BCUT2D eigenvalue weighted by Crippen LogP contribution is 2.36. The summed E-state index contributed by atoms with van der Waals surface area (Å²) in [7, 11) is 1.62. The smallest absolute Gasteiger partial charge is 0.252 e. The molecule has 1 aromatic carbocycles. The Bertz CT molecular complexity index is 1320. The lowest BCUT2D eigenvalue weighted by molar-refractivity contribution is 0.0842. The van der Waals surface area contributed by atoms with E-state index in [0.717, 1.165) is 46.6 Å². The summed E-state index contributed by atoms with van der Waals surface area (Å²) in [5, 5.41) is 13.7. The monoisotopic (exact) mass is 476 g/mol. The second kappa shape index (κ2) is 10.0. The molecule has 4 aromatic rings. The molecule has 5 rings (SSSR count). The lowest BCUT2D eigenvalue weighted by Gasteiger charge is -2.37. The quantitative estimate of drug-likeness (QED) is 0.384. The molecule has 0 radical (unpaired) electrons. The van der Waals surface area contributed by atoms with Crippen LogP contribution >= 0.6 is 0 Å². The minimum absolute atomic E-state index is 0.0472. The molecule has 0 unspecified atom stereocenters. The lowest BCUT2D eigenvalue weighted by atomic mass is 9.97. The van der Waals surface area contributed by atoms with Crippen molar-refractivity contribution in [3.8, 4) is 5.75 Å². The van der Waals surface area contributed by atoms with Gasteiger partial charge in [0, 0.05) is 24.2 Å². The molecule has 9 nitrogen and oxygen atoms in total. The molecule has 1 N–H and O–H groups in total. The molecule has 1 fully saturated rings. The summed E-state index contributed by atoms with van der Waals surface area (Å²) in [6.07, 6.45) is 6.25. The number of hydrogen-bond donors (Lipinski definition) is 1. The van der Waals surface area contributed by atoms with E-state index in [9.17, 15) is 4.79 Å². The summed E-state index contributed by atoms with van der Waals surface area (Å²) in [5.74, 6) is 2.55. The van der Waals surface area contributed by atoms with Crippen molar-refractivity contribution in [2.24, 2.45) is 5.92 Å². The van der Waals surface area contributed by atoms with Gasteiger partial charge in [0.2, 0.25) is 0 Å². The third kappa shape index (κ3) is 4.86. The number of furan rings is 1. The summed E-state index contributed by atoms with van der Waals surface area (Å²) in [6, 6.07) is 11.9. The molecule has 9 heteroatoms. The highest BCUT2D eigenvalue weighted by molar-refractivity contribution is 5.80. The third-order valence-corrected chi connectivity index (χ3v) is 6.98. The van der Waals surface area contributed by atoms with E-state index in [-0.39, 0.29) is 17.5 Å². The number of pyridine rings is 1. The van der Waals surface area contributed by atoms with Crippen LogP contribution in [0.2, 0.25) is 0 Å². The van der Waals surface area contributed by atoms with E-state index in [4.69, 9.17) is 9.15 Å². The van der Waals surface area contributed by atoms with Crippen LogP contribution in [0.3, 0.4) is 0 Å². The van der Waals surface area contributed by atoms with Gasteiger partial charge < -0.3 is 14.1 Å². The number of benzene rings is 1. The van der Waals surface area contributed by atoms with Crippen molar-refractivity contribution >= 4 is 10.9 Å². The SMILES string of the molecule is COc1ccc2cc(CN(C3CCCC3)[C@H](c3nnnn3Cc3ccco3)C(C)C)c(=O)[nH]c2c1. The van der Waals surface area contributed by atoms with E-state index < -0.39 is 0 Å². The number of aromatic amines is 1. The first-order valence-electron chi connectivity index (χ1n) is 12.3. The second-order valence-corrected chi connectivity index (χ2v) is 9.65. The predicted molar refractivity (Wildman–Crippen MR) is 132 cm³/mol. The van der Waals surface area contributed by atoms with Crippen LogP contribution in [0.1, 0.15) is 62.7 Å². The maximum atomic E-state index is 13.2. The maximum absolute atomic E-state index is 13.2. The van der Waals surface area contributed by atoms with Gasteiger partial charge >= 0.3 is 0 Å². The number of aromatic nitrogens is 5. The Morgan fingerprint density at radius 3 is 2.77 bits per heavy atom. The number of hydrogen-bond acceptors (Lipinski definition) is 7. The molecule has 1 aliphatic rings. The first-order chi connectivity index (χ1) is 17.0. The van der Waals surface area contributed by atoms with Gasteiger partial charge in [-0.3, -0.25) is 9.69 Å². The highest BCUT2D eigenvalue weighted by Gasteiger charge is 2.35. The van der Waals surface area contributed by atoms with Crippen molar-refractivity contribution in [3.05, 3.63) is 70.2 Å². The van der Waals surface area contributed by atoms with Crippen LogP contribution in [-0.4, -0.2) is 43.2 Å². The number of nitrogens with zero attached hydrogens (tertiary/aromatic N) is 5. The molecule has 1 aliphatic carbocycles. The molecule has 0 bridgehead atoms. The fourth-order valence-corrected chi connectivity index (χ4v) is 5.27. The lowest BCUT2D eigenvalue weighted by Crippen LogP contribution is -2.41. The zero-order chi connectivity index (χ0) is 24.4. The normalized spacial score (nSPS) is 15.5. The van der Waals surface area contributed by atoms with Crippen molar-refractivity contribution in [2.75, 3.05) is 7.11 Å². The summed E-state index contributed by atoms with van der Waals surface area (Å²) in [4.78, 5) is 18.7. The fourth-order valence-electron chi connectivity index (χ4n) is 5.27. The van der Waals surface area contributed by atoms with E-state index >= 15 is 0 Å². The van der Waals surface area contributed by atoms with Gasteiger partial charge in [-0.05, 0) is 64.9 Å². The second-order valence-electron chi connectivity index (χ2n) is 9.65. The van der Waals surface area contributed by atoms with Gasteiger partial charge in [0.1, 0.15) is 18.1 Å². The maximum Gasteiger partial charge on any atom is 0.252 e. The van der Waals surface area contributed by atoms with Crippen LogP contribution in [0.4, 0.5) is 0 Å². The van der Waals surface area contributed by atoms with Crippen LogP contribution in [0, 0.1) is 5.92 Å². The van der Waals surface area contributed by atoms with Crippen molar-refractivity contribution in [3.63, 3.8) is 0 Å². The average molecular weight is 477 g/mol. The van der Waals surface area contributed by atoms with Crippen molar-refractivity contribution in [1.82, 2.24) is 30.1 Å². The van der Waals surface area contributed by atoms with E-state index in [1.54, 1.807) is 13.4 Å². The summed E-state index contributed by atoms with van der Waals surface area (Å²) >= 11 is 0. The average Bonchev–Trinajstić information content (AvgIpc) is 3.63. The highest BCUT2D eigenvalue weighted by atomic mass is 16.5. The van der Waals surface area contributed by atoms with Crippen molar-refractivity contribution in [2.45, 2.75) is 64.7 Å². The first kappa shape index (κ1) is 23.3. The van der Waals surface area contributed by atoms with Gasteiger partial charge in [-0.15, -0.1) is 5.10 Å². The Morgan fingerprint density at radius 1 is 1.23 bits per heavy atom.